The summed E-state index contributed by atoms with van der Waals surface area (Å²) in [6.07, 6.45) is 0. The second-order valence-corrected chi connectivity index (χ2v) is 5.56. The van der Waals surface area contributed by atoms with Crippen molar-refractivity contribution in [1.82, 2.24) is 16.0 Å². The molecule has 0 aliphatic heterocycles. The van der Waals surface area contributed by atoms with Crippen LogP contribution in [0.25, 0.3) is 0 Å². The summed E-state index contributed by atoms with van der Waals surface area (Å²) in [5.41, 5.74) is 5.49. The van der Waals surface area contributed by atoms with Gasteiger partial charge in [-0.2, -0.15) is 25.3 Å². The SMILES string of the molecule is C[C@H](NC(=O)[C@H](C)NC(=O)[C@H](CS)NC(=O)[C@@H](N)CS)C(=O)O. The maximum Gasteiger partial charge on any atom is 0.325 e. The van der Waals surface area contributed by atoms with Crippen LogP contribution >= 0.6 is 25.3 Å². The summed E-state index contributed by atoms with van der Waals surface area (Å²) >= 11 is 7.85. The van der Waals surface area contributed by atoms with Gasteiger partial charge in [0.25, 0.3) is 0 Å². The zero-order valence-corrected chi connectivity index (χ0v) is 14.6. The van der Waals surface area contributed by atoms with E-state index in [1.807, 2.05) is 0 Å². The number of carbonyl (C=O) groups excluding carboxylic acids is 3. The molecule has 0 spiro atoms. The average Bonchev–Trinajstić information content (AvgIpc) is 2.50. The van der Waals surface area contributed by atoms with Gasteiger partial charge in [0.1, 0.15) is 18.1 Å². The minimum Gasteiger partial charge on any atom is -0.480 e. The molecule has 0 bridgehead atoms. The zero-order valence-electron chi connectivity index (χ0n) is 12.8. The molecule has 132 valence electrons. The molecule has 9 nitrogen and oxygen atoms in total. The summed E-state index contributed by atoms with van der Waals surface area (Å²) in [5, 5.41) is 15.7. The molecule has 0 aromatic rings. The van der Waals surface area contributed by atoms with Crippen molar-refractivity contribution in [2.45, 2.75) is 38.0 Å². The van der Waals surface area contributed by atoms with Gasteiger partial charge in [0.2, 0.25) is 17.7 Å². The second-order valence-electron chi connectivity index (χ2n) is 4.83. The summed E-state index contributed by atoms with van der Waals surface area (Å²) in [7, 11) is 0. The number of hydrogen-bond acceptors (Lipinski definition) is 7. The lowest BCUT2D eigenvalue weighted by Gasteiger charge is -2.21. The van der Waals surface area contributed by atoms with Gasteiger partial charge in [-0.3, -0.25) is 19.2 Å². The molecule has 11 heteroatoms. The lowest BCUT2D eigenvalue weighted by atomic mass is 10.2. The van der Waals surface area contributed by atoms with Crippen LogP contribution in [0.5, 0.6) is 0 Å². The van der Waals surface area contributed by atoms with E-state index in [4.69, 9.17) is 10.8 Å². The lowest BCUT2D eigenvalue weighted by molar-refractivity contribution is -0.141. The van der Waals surface area contributed by atoms with Gasteiger partial charge in [0.15, 0.2) is 0 Å². The van der Waals surface area contributed by atoms with Crippen molar-refractivity contribution in [3.63, 3.8) is 0 Å². The zero-order chi connectivity index (χ0) is 18.2. The van der Waals surface area contributed by atoms with Crippen molar-refractivity contribution in [2.75, 3.05) is 11.5 Å². The molecule has 0 rings (SSSR count). The standard InChI is InChI=1S/C12H22N4O5S2/c1-5(9(17)15-6(2)12(20)21)14-11(19)8(4-23)16-10(18)7(13)3-22/h5-8,22-23H,3-4,13H2,1-2H3,(H,14,19)(H,15,17)(H,16,18)(H,20,21)/t5-,6-,7-,8-/m0/s1. The maximum atomic E-state index is 12.0. The van der Waals surface area contributed by atoms with Crippen LogP contribution in [0.1, 0.15) is 13.8 Å². The Kier molecular flexibility index (Phi) is 9.68. The maximum absolute atomic E-state index is 12.0. The van der Waals surface area contributed by atoms with E-state index >= 15 is 0 Å². The van der Waals surface area contributed by atoms with Gasteiger partial charge in [0.05, 0.1) is 6.04 Å². The van der Waals surface area contributed by atoms with Gasteiger partial charge in [-0.1, -0.05) is 0 Å². The van der Waals surface area contributed by atoms with Crippen molar-refractivity contribution in [3.8, 4) is 0 Å². The smallest absolute Gasteiger partial charge is 0.325 e. The number of carboxylic acids is 1. The van der Waals surface area contributed by atoms with Crippen LogP contribution in [0, 0.1) is 0 Å². The Bertz CT molecular complexity index is 463. The molecule has 0 aliphatic carbocycles. The van der Waals surface area contributed by atoms with Gasteiger partial charge in [-0.05, 0) is 13.8 Å². The molecule has 23 heavy (non-hydrogen) atoms. The van der Waals surface area contributed by atoms with Crippen molar-refractivity contribution in [3.05, 3.63) is 0 Å². The van der Waals surface area contributed by atoms with E-state index in [1.54, 1.807) is 0 Å². The van der Waals surface area contributed by atoms with Gasteiger partial charge in [0, 0.05) is 11.5 Å². The molecule has 0 radical (unpaired) electrons. The predicted molar refractivity (Wildman–Crippen MR) is 90.5 cm³/mol. The first-order chi connectivity index (χ1) is 10.6. The highest BCUT2D eigenvalue weighted by atomic mass is 32.1. The largest absolute Gasteiger partial charge is 0.480 e. The Morgan fingerprint density at radius 1 is 0.913 bits per heavy atom. The molecule has 0 unspecified atom stereocenters. The number of rotatable bonds is 9. The summed E-state index contributed by atoms with van der Waals surface area (Å²) in [5.74, 6) is -2.95. The first-order valence-corrected chi connectivity index (χ1v) is 8.01. The van der Waals surface area contributed by atoms with E-state index in [-0.39, 0.29) is 11.5 Å². The van der Waals surface area contributed by atoms with E-state index in [1.165, 1.54) is 13.8 Å². The molecule has 0 fully saturated rings. The number of hydrogen-bond donors (Lipinski definition) is 7. The average molecular weight is 366 g/mol. The summed E-state index contributed by atoms with van der Waals surface area (Å²) in [6.45, 7) is 2.68. The molecule has 0 saturated heterocycles. The van der Waals surface area contributed by atoms with Gasteiger partial charge in [-0.25, -0.2) is 0 Å². The third-order valence-electron chi connectivity index (χ3n) is 2.83. The molecule has 4 atom stereocenters. The van der Waals surface area contributed by atoms with Crippen LogP contribution in [0.4, 0.5) is 0 Å². The van der Waals surface area contributed by atoms with Crippen LogP contribution in [0.15, 0.2) is 0 Å². The highest BCUT2D eigenvalue weighted by Gasteiger charge is 2.26. The molecule has 0 aliphatic rings. The Balaban J connectivity index is 4.60. The molecule has 0 heterocycles. The second kappa shape index (κ2) is 10.3. The van der Waals surface area contributed by atoms with Crippen LogP contribution in [0.3, 0.4) is 0 Å². The van der Waals surface area contributed by atoms with Crippen LogP contribution in [-0.2, 0) is 19.2 Å². The molecular weight excluding hydrogens is 344 g/mol. The quantitative estimate of drug-likeness (QED) is 0.229. The van der Waals surface area contributed by atoms with E-state index in [0.717, 1.165) is 0 Å². The highest BCUT2D eigenvalue weighted by molar-refractivity contribution is 7.80. The number of nitrogens with two attached hydrogens (primary N) is 1. The van der Waals surface area contributed by atoms with E-state index < -0.39 is 47.9 Å². The fraction of sp³-hybridized carbons (Fsp3) is 0.667. The minimum atomic E-state index is -1.20. The minimum absolute atomic E-state index is 0.00324. The predicted octanol–water partition coefficient (Wildman–Crippen LogP) is -2.25. The van der Waals surface area contributed by atoms with Gasteiger partial charge in [-0.15, -0.1) is 0 Å². The molecule has 3 amide bonds. The van der Waals surface area contributed by atoms with Crippen LogP contribution < -0.4 is 21.7 Å². The van der Waals surface area contributed by atoms with E-state index in [2.05, 4.69) is 41.2 Å². The third kappa shape index (κ3) is 7.57. The normalized spacial score (nSPS) is 15.7. The summed E-state index contributed by atoms with van der Waals surface area (Å²) < 4.78 is 0. The highest BCUT2D eigenvalue weighted by Crippen LogP contribution is 1.94. The summed E-state index contributed by atoms with van der Waals surface area (Å²) in [6, 6.07) is -3.92. The number of thiol groups is 2. The molecular formula is C12H22N4O5S2. The van der Waals surface area contributed by atoms with Crippen LogP contribution in [-0.4, -0.2) is 64.5 Å². The number of carbonyl (C=O) groups is 4. The monoisotopic (exact) mass is 366 g/mol. The van der Waals surface area contributed by atoms with Gasteiger partial charge < -0.3 is 26.8 Å². The van der Waals surface area contributed by atoms with Crippen molar-refractivity contribution in [1.29, 1.82) is 0 Å². The van der Waals surface area contributed by atoms with Crippen molar-refractivity contribution in [2.24, 2.45) is 5.73 Å². The fourth-order valence-electron chi connectivity index (χ4n) is 1.34. The molecule has 6 N–H and O–H groups in total. The first kappa shape index (κ1) is 21.5. The van der Waals surface area contributed by atoms with Crippen molar-refractivity contribution < 1.29 is 24.3 Å². The first-order valence-electron chi connectivity index (χ1n) is 6.75. The van der Waals surface area contributed by atoms with Crippen LogP contribution in [0.2, 0.25) is 0 Å². The van der Waals surface area contributed by atoms with Gasteiger partial charge >= 0.3 is 5.97 Å². The number of carboxylic acid groups (broad SMARTS) is 1. The Morgan fingerprint density at radius 3 is 1.87 bits per heavy atom. The number of nitrogens with one attached hydrogen (secondary N) is 3. The number of aliphatic carboxylic acids is 1. The topological polar surface area (TPSA) is 151 Å². The fourth-order valence-corrected chi connectivity index (χ4v) is 1.76. The Labute approximate surface area is 144 Å². The summed E-state index contributed by atoms with van der Waals surface area (Å²) in [4.78, 5) is 46.1. The number of amides is 3. The van der Waals surface area contributed by atoms with E-state index in [0.29, 0.717) is 0 Å². The van der Waals surface area contributed by atoms with Crippen molar-refractivity contribution >= 4 is 48.9 Å². The molecule has 0 aromatic carbocycles. The third-order valence-corrected chi connectivity index (χ3v) is 3.59. The Hall–Kier alpha value is -1.46. The van der Waals surface area contributed by atoms with E-state index in [9.17, 15) is 19.2 Å². The lowest BCUT2D eigenvalue weighted by Crippen LogP contribution is -2.56. The molecule has 0 aromatic heterocycles. The molecule has 0 saturated carbocycles. The Morgan fingerprint density at radius 2 is 1.43 bits per heavy atom.